The molecule has 2 atom stereocenters. The number of rotatable bonds is 1. The molecule has 2 aromatic rings. The van der Waals surface area contributed by atoms with E-state index < -0.39 is 0 Å². The van der Waals surface area contributed by atoms with Gasteiger partial charge in [0.2, 0.25) is 0 Å². The Morgan fingerprint density at radius 1 is 1.00 bits per heavy atom. The maximum Gasteiger partial charge on any atom is 0.171 e. The Morgan fingerprint density at radius 2 is 1.61 bits per heavy atom. The molecule has 2 heteroatoms. The van der Waals surface area contributed by atoms with Crippen molar-refractivity contribution in [2.24, 2.45) is 5.73 Å². The summed E-state index contributed by atoms with van der Waals surface area (Å²) in [6.45, 7) is 3.19. The number of nitrogens with two attached hydrogens (primary N) is 1. The fourth-order valence-electron chi connectivity index (χ4n) is 2.97. The number of para-hydroxylation sites is 1. The van der Waals surface area contributed by atoms with Gasteiger partial charge in [-0.05, 0) is 24.6 Å². The van der Waals surface area contributed by atoms with Crippen molar-refractivity contribution >= 4 is 5.69 Å². The molecule has 1 aliphatic heterocycles. The average molecular weight is 239 g/mol. The molecule has 2 N–H and O–H groups in total. The molecule has 2 nitrogen and oxygen atoms in total. The van der Waals surface area contributed by atoms with Crippen LogP contribution in [0.1, 0.15) is 18.7 Å². The number of quaternary nitrogens is 1. The van der Waals surface area contributed by atoms with Crippen molar-refractivity contribution in [3.05, 3.63) is 54.1 Å². The molecule has 18 heavy (non-hydrogen) atoms. The molecule has 0 radical (unpaired) electrons. The quantitative estimate of drug-likeness (QED) is 0.759. The zero-order valence-electron chi connectivity index (χ0n) is 10.9. The molecule has 2 aromatic carbocycles. The van der Waals surface area contributed by atoms with Crippen LogP contribution in [0.3, 0.4) is 0 Å². The van der Waals surface area contributed by atoms with Gasteiger partial charge in [-0.3, -0.25) is 10.2 Å². The molecule has 1 aliphatic rings. The van der Waals surface area contributed by atoms with E-state index in [9.17, 15) is 0 Å². The van der Waals surface area contributed by atoms with E-state index >= 15 is 0 Å². The van der Waals surface area contributed by atoms with E-state index in [4.69, 9.17) is 5.73 Å². The van der Waals surface area contributed by atoms with Crippen molar-refractivity contribution < 1.29 is 0 Å². The van der Waals surface area contributed by atoms with Crippen LogP contribution in [0.25, 0.3) is 11.1 Å². The minimum atomic E-state index is 0.0149. The Balaban J connectivity index is 2.35. The van der Waals surface area contributed by atoms with Crippen LogP contribution in [0.2, 0.25) is 0 Å². The first-order valence-electron chi connectivity index (χ1n) is 6.48. The lowest BCUT2D eigenvalue weighted by atomic mass is 9.90. The number of hydrogen-bond donors (Lipinski definition) is 1. The third-order valence-electron chi connectivity index (χ3n) is 4.29. The Kier molecular flexibility index (Phi) is 2.51. The fraction of sp³-hybridized carbons (Fsp3) is 0.250. The zero-order valence-corrected chi connectivity index (χ0v) is 10.9. The lowest BCUT2D eigenvalue weighted by molar-refractivity contribution is 0.259. The highest BCUT2D eigenvalue weighted by Gasteiger charge is 2.39. The maximum absolute atomic E-state index is 6.52. The molecule has 92 valence electrons. The summed E-state index contributed by atoms with van der Waals surface area (Å²) < 4.78 is 0.771. The third-order valence-corrected chi connectivity index (χ3v) is 4.29. The molecule has 2 unspecified atom stereocenters. The van der Waals surface area contributed by atoms with Gasteiger partial charge in [0.25, 0.3) is 0 Å². The zero-order chi connectivity index (χ0) is 12.8. The average Bonchev–Trinajstić information content (AvgIpc) is 2.45. The minimum Gasteiger partial charge on any atom is -0.277 e. The van der Waals surface area contributed by atoms with Crippen molar-refractivity contribution in [2.75, 3.05) is 13.6 Å². The van der Waals surface area contributed by atoms with E-state index in [1.54, 1.807) is 0 Å². The third kappa shape index (κ3) is 1.36. The summed E-state index contributed by atoms with van der Waals surface area (Å²) in [6, 6.07) is 17.1. The van der Waals surface area contributed by atoms with Crippen LogP contribution in [-0.2, 0) is 0 Å². The van der Waals surface area contributed by atoms with Crippen molar-refractivity contribution in [2.45, 2.75) is 13.1 Å². The van der Waals surface area contributed by atoms with E-state index in [-0.39, 0.29) is 6.17 Å². The smallest absolute Gasteiger partial charge is 0.171 e. The Labute approximate surface area is 108 Å². The predicted octanol–water partition coefficient (Wildman–Crippen LogP) is 3.28. The van der Waals surface area contributed by atoms with E-state index in [2.05, 4.69) is 62.5 Å². The minimum absolute atomic E-state index is 0.0149. The number of benzene rings is 2. The fourth-order valence-corrected chi connectivity index (χ4v) is 2.97. The van der Waals surface area contributed by atoms with E-state index in [0.717, 1.165) is 11.0 Å². The van der Waals surface area contributed by atoms with Gasteiger partial charge in [-0.15, -0.1) is 0 Å². The normalized spacial score (nSPS) is 25.4. The van der Waals surface area contributed by atoms with Crippen LogP contribution in [0.15, 0.2) is 48.5 Å². The summed E-state index contributed by atoms with van der Waals surface area (Å²) in [6.07, 6.45) is 0.0149. The lowest BCUT2D eigenvalue weighted by Gasteiger charge is -2.43. The summed E-state index contributed by atoms with van der Waals surface area (Å²) in [5, 5.41) is 0. The maximum atomic E-state index is 6.52. The van der Waals surface area contributed by atoms with Crippen molar-refractivity contribution in [1.82, 2.24) is 4.48 Å². The van der Waals surface area contributed by atoms with Gasteiger partial charge in [0.1, 0.15) is 5.69 Å². The van der Waals surface area contributed by atoms with Gasteiger partial charge in [0.15, 0.2) is 6.17 Å². The van der Waals surface area contributed by atoms with Gasteiger partial charge in [0, 0.05) is 11.1 Å². The number of nitrogens with zero attached hydrogens (tertiary/aromatic N) is 1. The van der Waals surface area contributed by atoms with Gasteiger partial charge < -0.3 is 0 Å². The van der Waals surface area contributed by atoms with Gasteiger partial charge in [-0.1, -0.05) is 36.4 Å². The Bertz CT molecular complexity index is 591. The van der Waals surface area contributed by atoms with Crippen LogP contribution >= 0.6 is 0 Å². The molecule has 0 fully saturated rings. The van der Waals surface area contributed by atoms with Crippen LogP contribution in [0, 0.1) is 0 Å². The summed E-state index contributed by atoms with van der Waals surface area (Å²) in [7, 11) is 2.22. The first kappa shape index (κ1) is 11.5. The Hall–Kier alpha value is -1.64. The highest BCUT2D eigenvalue weighted by molar-refractivity contribution is 5.82. The number of fused-ring (bicyclic) bond motifs is 3. The lowest BCUT2D eigenvalue weighted by Crippen LogP contribution is -2.53. The van der Waals surface area contributed by atoms with Crippen LogP contribution in [0.4, 0.5) is 5.69 Å². The largest absolute Gasteiger partial charge is 0.277 e. The van der Waals surface area contributed by atoms with Crippen molar-refractivity contribution in [1.29, 1.82) is 0 Å². The molecule has 0 saturated heterocycles. The summed E-state index contributed by atoms with van der Waals surface area (Å²) >= 11 is 0. The molecule has 3 rings (SSSR count). The standard InChI is InChI=1S/C16H19N2/c1-3-18(2)15-11-7-6-9-13(15)12-8-4-5-10-14(12)16(18)17/h4-11,16H,3,17H2,1-2H3/q+1. The van der Waals surface area contributed by atoms with Gasteiger partial charge in [-0.25, -0.2) is 0 Å². The summed E-state index contributed by atoms with van der Waals surface area (Å²) in [4.78, 5) is 0. The van der Waals surface area contributed by atoms with Crippen LogP contribution < -0.4 is 10.2 Å². The second-order valence-electron chi connectivity index (χ2n) is 5.13. The number of hydrogen-bond acceptors (Lipinski definition) is 1. The van der Waals surface area contributed by atoms with Gasteiger partial charge in [0.05, 0.1) is 13.6 Å². The molecular formula is C16H19N2+. The van der Waals surface area contributed by atoms with Gasteiger partial charge in [-0.2, -0.15) is 0 Å². The first-order chi connectivity index (χ1) is 8.68. The Morgan fingerprint density at radius 3 is 2.33 bits per heavy atom. The van der Waals surface area contributed by atoms with E-state index in [1.165, 1.54) is 22.4 Å². The summed E-state index contributed by atoms with van der Waals surface area (Å²) in [5.41, 5.74) is 11.7. The predicted molar refractivity (Wildman–Crippen MR) is 77.1 cm³/mol. The second kappa shape index (κ2) is 3.94. The molecule has 0 amide bonds. The topological polar surface area (TPSA) is 26.0 Å². The highest BCUT2D eigenvalue weighted by atomic mass is 15.4. The van der Waals surface area contributed by atoms with Crippen LogP contribution in [0.5, 0.6) is 0 Å². The molecule has 0 bridgehead atoms. The molecule has 0 saturated carbocycles. The summed E-state index contributed by atoms with van der Waals surface area (Å²) in [5.74, 6) is 0. The molecule has 0 spiro atoms. The SMILES string of the molecule is CC[N+]1(C)c2ccccc2-c2ccccc2C1N. The van der Waals surface area contributed by atoms with Crippen molar-refractivity contribution in [3.63, 3.8) is 0 Å². The van der Waals surface area contributed by atoms with Gasteiger partial charge >= 0.3 is 0 Å². The molecule has 0 aromatic heterocycles. The molecule has 1 heterocycles. The van der Waals surface area contributed by atoms with Crippen LogP contribution in [-0.4, -0.2) is 13.6 Å². The van der Waals surface area contributed by atoms with E-state index in [0.29, 0.717) is 0 Å². The second-order valence-corrected chi connectivity index (χ2v) is 5.13. The molecule has 0 aliphatic carbocycles. The monoisotopic (exact) mass is 239 g/mol. The highest BCUT2D eigenvalue weighted by Crippen LogP contribution is 2.45. The van der Waals surface area contributed by atoms with E-state index in [1.807, 2.05) is 0 Å². The molecular weight excluding hydrogens is 220 g/mol. The van der Waals surface area contributed by atoms with Crippen molar-refractivity contribution in [3.8, 4) is 11.1 Å². The first-order valence-corrected chi connectivity index (χ1v) is 6.48.